The zero-order chi connectivity index (χ0) is 20.4. The second-order valence-electron chi connectivity index (χ2n) is 7.87. The van der Waals surface area contributed by atoms with Crippen LogP contribution in [0.1, 0.15) is 56.1 Å². The summed E-state index contributed by atoms with van der Waals surface area (Å²) in [4.78, 5) is 11.6. The molecule has 1 saturated heterocycles. The second kappa shape index (κ2) is 7.98. The lowest BCUT2D eigenvalue weighted by Crippen LogP contribution is -2.41. The normalized spacial score (nSPS) is 17.4. The maximum atomic E-state index is 11.6. The fourth-order valence-corrected chi connectivity index (χ4v) is 3.00. The highest BCUT2D eigenvalue weighted by atomic mass is 16.8. The number of carbonyl (C=O) groups excluding carboxylic acids is 1. The highest BCUT2D eigenvalue weighted by Crippen LogP contribution is 2.39. The second-order valence-corrected chi connectivity index (χ2v) is 7.87. The van der Waals surface area contributed by atoms with Gasteiger partial charge in [0.1, 0.15) is 18.1 Å². The summed E-state index contributed by atoms with van der Waals surface area (Å²) in [6.07, 6.45) is 1.42. The lowest BCUT2D eigenvalue weighted by molar-refractivity contribution is 0.00578. The molecule has 0 saturated carbocycles. The van der Waals surface area contributed by atoms with E-state index in [1.165, 1.54) is 0 Å². The number of benzene rings is 2. The third-order valence-electron chi connectivity index (χ3n) is 5.41. The molecule has 5 nitrogen and oxygen atoms in total. The number of hydrogen-bond donors (Lipinski definition) is 0. The van der Waals surface area contributed by atoms with Crippen LogP contribution in [0.4, 0.5) is 0 Å². The van der Waals surface area contributed by atoms with E-state index in [0.717, 1.165) is 17.4 Å². The summed E-state index contributed by atoms with van der Waals surface area (Å²) in [5.74, 6) is 1.13. The molecule has 28 heavy (non-hydrogen) atoms. The number of aldehydes is 1. The third-order valence-corrected chi connectivity index (χ3v) is 5.41. The maximum absolute atomic E-state index is 11.6. The van der Waals surface area contributed by atoms with E-state index in [9.17, 15) is 4.79 Å². The SMILES string of the molecule is CCc1c(OCc2ccccc2)ccc(C=O)c1OB1OC(C)(C)C(C)(C)O1. The minimum atomic E-state index is -0.890. The van der Waals surface area contributed by atoms with E-state index in [4.69, 9.17) is 18.7 Å². The Kier molecular flexibility index (Phi) is 5.82. The van der Waals surface area contributed by atoms with Crippen molar-refractivity contribution in [3.05, 3.63) is 59.2 Å². The Morgan fingerprint density at radius 1 is 1.00 bits per heavy atom. The number of hydrogen-bond acceptors (Lipinski definition) is 5. The fraction of sp³-hybridized carbons (Fsp3) is 0.409. The van der Waals surface area contributed by atoms with Crippen LogP contribution < -0.4 is 9.39 Å². The minimum Gasteiger partial charge on any atom is -0.511 e. The Morgan fingerprint density at radius 2 is 1.64 bits per heavy atom. The average molecular weight is 382 g/mol. The van der Waals surface area contributed by atoms with E-state index in [-0.39, 0.29) is 0 Å². The Labute approximate surface area is 167 Å². The molecule has 1 heterocycles. The summed E-state index contributed by atoms with van der Waals surface area (Å²) in [7, 11) is -0.890. The number of carbonyl (C=O) groups is 1. The van der Waals surface area contributed by atoms with Gasteiger partial charge in [0, 0.05) is 5.56 Å². The van der Waals surface area contributed by atoms with Crippen molar-refractivity contribution in [3.63, 3.8) is 0 Å². The molecule has 2 aromatic carbocycles. The monoisotopic (exact) mass is 382 g/mol. The van der Waals surface area contributed by atoms with Crippen LogP contribution in [0.3, 0.4) is 0 Å². The molecule has 0 bridgehead atoms. The van der Waals surface area contributed by atoms with E-state index < -0.39 is 18.5 Å². The van der Waals surface area contributed by atoms with Crippen molar-refractivity contribution in [2.24, 2.45) is 0 Å². The Bertz CT molecular complexity index is 816. The molecule has 0 atom stereocenters. The first-order chi connectivity index (χ1) is 13.3. The van der Waals surface area contributed by atoms with Crippen molar-refractivity contribution >= 4 is 13.6 Å². The minimum absolute atomic E-state index is 0.435. The number of ether oxygens (including phenoxy) is 1. The van der Waals surface area contributed by atoms with E-state index in [0.29, 0.717) is 30.1 Å². The Balaban J connectivity index is 1.86. The van der Waals surface area contributed by atoms with Crippen molar-refractivity contribution < 1.29 is 23.5 Å². The van der Waals surface area contributed by atoms with Crippen molar-refractivity contribution in [2.45, 2.75) is 58.8 Å². The molecule has 0 N–H and O–H groups in total. The topological polar surface area (TPSA) is 54.0 Å². The molecule has 0 spiro atoms. The first-order valence-corrected chi connectivity index (χ1v) is 9.57. The van der Waals surface area contributed by atoms with Gasteiger partial charge < -0.3 is 18.7 Å². The van der Waals surface area contributed by atoms with Crippen molar-refractivity contribution in [2.75, 3.05) is 0 Å². The van der Waals surface area contributed by atoms with Gasteiger partial charge in [0.05, 0.1) is 16.8 Å². The van der Waals surface area contributed by atoms with Gasteiger partial charge >= 0.3 is 7.32 Å². The van der Waals surface area contributed by atoms with Gasteiger partial charge in [-0.05, 0) is 51.8 Å². The predicted molar refractivity (Wildman–Crippen MR) is 109 cm³/mol. The number of rotatable bonds is 7. The molecule has 0 unspecified atom stereocenters. The van der Waals surface area contributed by atoms with Gasteiger partial charge in [0.15, 0.2) is 6.29 Å². The van der Waals surface area contributed by atoms with Gasteiger partial charge in [-0.3, -0.25) is 4.79 Å². The van der Waals surface area contributed by atoms with E-state index >= 15 is 0 Å². The van der Waals surface area contributed by atoms with E-state index in [2.05, 4.69) is 0 Å². The molecule has 1 aliphatic heterocycles. The van der Waals surface area contributed by atoms with Gasteiger partial charge in [-0.1, -0.05) is 37.3 Å². The lowest BCUT2D eigenvalue weighted by atomic mass is 9.90. The highest BCUT2D eigenvalue weighted by molar-refractivity contribution is 6.38. The summed E-state index contributed by atoms with van der Waals surface area (Å²) < 4.78 is 23.9. The molecule has 0 aromatic heterocycles. The Hall–Kier alpha value is -2.31. The zero-order valence-corrected chi connectivity index (χ0v) is 17.2. The van der Waals surface area contributed by atoms with Crippen LogP contribution in [0.25, 0.3) is 0 Å². The smallest absolute Gasteiger partial charge is 0.511 e. The first-order valence-electron chi connectivity index (χ1n) is 9.57. The summed E-state index contributed by atoms with van der Waals surface area (Å²) in [5.41, 5.74) is 1.28. The fourth-order valence-electron chi connectivity index (χ4n) is 3.00. The third kappa shape index (κ3) is 4.08. The molecule has 0 radical (unpaired) electrons. The lowest BCUT2D eigenvalue weighted by Gasteiger charge is -2.31. The molecule has 3 rings (SSSR count). The quantitative estimate of drug-likeness (QED) is 0.517. The zero-order valence-electron chi connectivity index (χ0n) is 17.2. The summed E-state index contributed by atoms with van der Waals surface area (Å²) >= 11 is 0. The van der Waals surface area contributed by atoms with Gasteiger partial charge in [-0.25, -0.2) is 0 Å². The van der Waals surface area contributed by atoms with Crippen LogP contribution in [0.5, 0.6) is 11.5 Å². The molecule has 0 amide bonds. The van der Waals surface area contributed by atoms with E-state index in [1.54, 1.807) is 6.07 Å². The van der Waals surface area contributed by atoms with Crippen LogP contribution in [0, 0.1) is 0 Å². The standard InChI is InChI=1S/C22H27BO5/c1-6-18-19(25-15-16-10-8-7-9-11-16)13-12-17(14-24)20(18)26-23-27-21(2,3)22(4,5)28-23/h7-14H,6,15H2,1-5H3. The summed E-state index contributed by atoms with van der Waals surface area (Å²) in [5, 5.41) is 0. The molecule has 1 fully saturated rings. The molecule has 2 aromatic rings. The highest BCUT2D eigenvalue weighted by Gasteiger charge is 2.54. The van der Waals surface area contributed by atoms with Gasteiger partial charge in [0.25, 0.3) is 0 Å². The molecular formula is C22H27BO5. The first kappa shape index (κ1) is 20.4. The van der Waals surface area contributed by atoms with Gasteiger partial charge in [-0.2, -0.15) is 0 Å². The van der Waals surface area contributed by atoms with Crippen LogP contribution >= 0.6 is 0 Å². The van der Waals surface area contributed by atoms with Crippen molar-refractivity contribution in [1.29, 1.82) is 0 Å². The average Bonchev–Trinajstić information content (AvgIpc) is 2.87. The van der Waals surface area contributed by atoms with Crippen LogP contribution in [0.2, 0.25) is 0 Å². The molecule has 1 aliphatic rings. The Morgan fingerprint density at radius 3 is 2.21 bits per heavy atom. The van der Waals surface area contributed by atoms with Crippen LogP contribution in [-0.2, 0) is 22.3 Å². The van der Waals surface area contributed by atoms with Gasteiger partial charge in [0.2, 0.25) is 0 Å². The van der Waals surface area contributed by atoms with Crippen LogP contribution in [0.15, 0.2) is 42.5 Å². The summed E-state index contributed by atoms with van der Waals surface area (Å²) in [6.45, 7) is 10.3. The van der Waals surface area contributed by atoms with Crippen molar-refractivity contribution in [3.8, 4) is 11.5 Å². The molecule has 148 valence electrons. The largest absolute Gasteiger partial charge is 0.714 e. The van der Waals surface area contributed by atoms with E-state index in [1.807, 2.05) is 71.0 Å². The maximum Gasteiger partial charge on any atom is 0.714 e. The molecule has 0 aliphatic carbocycles. The molecular weight excluding hydrogens is 355 g/mol. The van der Waals surface area contributed by atoms with Gasteiger partial charge in [-0.15, -0.1) is 0 Å². The van der Waals surface area contributed by atoms with Crippen LogP contribution in [-0.4, -0.2) is 24.8 Å². The summed E-state index contributed by atoms with van der Waals surface area (Å²) in [6, 6.07) is 13.4. The molecule has 6 heteroatoms. The predicted octanol–water partition coefficient (Wildman–Crippen LogP) is 4.61. The van der Waals surface area contributed by atoms with Crippen molar-refractivity contribution in [1.82, 2.24) is 0 Å².